The third-order valence-electron chi connectivity index (χ3n) is 4.98. The molecule has 1 atom stereocenters. The number of nitrogens with zero attached hydrogens (tertiary/aromatic N) is 2. The maximum absolute atomic E-state index is 11.4. The van der Waals surface area contributed by atoms with Crippen LogP contribution in [0, 0.1) is 0 Å². The number of benzene rings is 2. The van der Waals surface area contributed by atoms with Crippen molar-refractivity contribution in [1.29, 1.82) is 0 Å². The summed E-state index contributed by atoms with van der Waals surface area (Å²) in [5, 5.41) is 13.5. The lowest BCUT2D eigenvalue weighted by Crippen LogP contribution is -2.46. The van der Waals surface area contributed by atoms with Crippen LogP contribution in [0.4, 0.5) is 0 Å². The highest BCUT2D eigenvalue weighted by Gasteiger charge is 2.28. The number of carbonyl (C=O) groups excluding carboxylic acids is 1. The van der Waals surface area contributed by atoms with Gasteiger partial charge in [0.15, 0.2) is 0 Å². The van der Waals surface area contributed by atoms with Crippen LogP contribution in [-0.2, 0) is 28.2 Å². The standard InChI is InChI=1S/C22H20Cl4N2O3/c1-22(2,21(29)30)28-8-7-27(13-28)11-20(17-6-5-16(24)10-19(17)26)31-12-14-3-4-15(23)9-18(14)25/h3-10,13,20H,11-12H2,1-2H3. The summed E-state index contributed by atoms with van der Waals surface area (Å²) >= 11 is 24.7. The Bertz CT molecular complexity index is 1100. The average molecular weight is 502 g/mol. The summed E-state index contributed by atoms with van der Waals surface area (Å²) in [4.78, 5) is 11.4. The first-order valence-corrected chi connectivity index (χ1v) is 10.9. The van der Waals surface area contributed by atoms with Crippen LogP contribution in [0.5, 0.6) is 0 Å². The minimum atomic E-state index is -1.20. The number of aliphatic carboxylic acids is 1. The van der Waals surface area contributed by atoms with Gasteiger partial charge in [-0.1, -0.05) is 58.5 Å². The van der Waals surface area contributed by atoms with E-state index >= 15 is 0 Å². The molecule has 1 aromatic heterocycles. The molecule has 0 spiro atoms. The largest absolute Gasteiger partial charge is 0.545 e. The van der Waals surface area contributed by atoms with Crippen molar-refractivity contribution in [2.24, 2.45) is 0 Å². The molecule has 0 aliphatic heterocycles. The number of halogens is 4. The third kappa shape index (κ3) is 5.73. The van der Waals surface area contributed by atoms with Crippen molar-refractivity contribution in [3.05, 3.63) is 86.3 Å². The molecule has 0 aliphatic carbocycles. The van der Waals surface area contributed by atoms with Crippen LogP contribution in [0.2, 0.25) is 20.1 Å². The molecule has 9 heteroatoms. The van der Waals surface area contributed by atoms with Crippen molar-refractivity contribution < 1.29 is 19.2 Å². The molecule has 164 valence electrons. The molecular weight excluding hydrogens is 482 g/mol. The molecule has 1 unspecified atom stereocenters. The summed E-state index contributed by atoms with van der Waals surface area (Å²) in [7, 11) is 0. The molecule has 1 heterocycles. The SMILES string of the molecule is CC(C)(C(=O)[O-])n1cc[n+](CC(OCc2ccc(Cl)cc2Cl)c2ccc(Cl)cc2Cl)c1. The van der Waals surface area contributed by atoms with E-state index < -0.39 is 17.6 Å². The van der Waals surface area contributed by atoms with Gasteiger partial charge in [0.05, 0.1) is 12.6 Å². The normalized spacial score (nSPS) is 12.7. The molecule has 0 saturated heterocycles. The molecular formula is C22H20Cl4N2O3. The van der Waals surface area contributed by atoms with Gasteiger partial charge in [-0.2, -0.15) is 0 Å². The lowest BCUT2D eigenvalue weighted by Gasteiger charge is -2.22. The second-order valence-corrected chi connectivity index (χ2v) is 9.25. The van der Waals surface area contributed by atoms with E-state index in [1.165, 1.54) is 0 Å². The van der Waals surface area contributed by atoms with Crippen molar-refractivity contribution in [3.8, 4) is 0 Å². The highest BCUT2D eigenvalue weighted by atomic mass is 35.5. The maximum Gasteiger partial charge on any atom is 0.244 e. The minimum Gasteiger partial charge on any atom is -0.545 e. The van der Waals surface area contributed by atoms with Gasteiger partial charge in [-0.05, 0) is 43.7 Å². The Labute approximate surface area is 200 Å². The van der Waals surface area contributed by atoms with Crippen LogP contribution in [0.1, 0.15) is 31.1 Å². The van der Waals surface area contributed by atoms with Gasteiger partial charge in [0.2, 0.25) is 6.33 Å². The van der Waals surface area contributed by atoms with E-state index in [-0.39, 0.29) is 6.61 Å². The molecule has 3 rings (SSSR count). The molecule has 31 heavy (non-hydrogen) atoms. The summed E-state index contributed by atoms with van der Waals surface area (Å²) < 4.78 is 9.58. The van der Waals surface area contributed by atoms with Gasteiger partial charge in [-0.25, -0.2) is 9.13 Å². The number of imidazole rings is 1. The molecule has 0 saturated carbocycles. The minimum absolute atomic E-state index is 0.228. The topological polar surface area (TPSA) is 58.2 Å². The fraction of sp³-hybridized carbons (Fsp3) is 0.273. The number of hydrogen-bond acceptors (Lipinski definition) is 3. The average Bonchev–Trinajstić information content (AvgIpc) is 3.16. The maximum atomic E-state index is 11.4. The van der Waals surface area contributed by atoms with E-state index in [1.807, 2.05) is 10.6 Å². The molecule has 0 bridgehead atoms. The summed E-state index contributed by atoms with van der Waals surface area (Å²) in [6.07, 6.45) is 4.67. The van der Waals surface area contributed by atoms with E-state index in [0.29, 0.717) is 26.6 Å². The smallest absolute Gasteiger partial charge is 0.244 e. The van der Waals surface area contributed by atoms with E-state index in [9.17, 15) is 9.90 Å². The van der Waals surface area contributed by atoms with Gasteiger partial charge in [0.25, 0.3) is 0 Å². The van der Waals surface area contributed by atoms with Gasteiger partial charge in [0.1, 0.15) is 30.6 Å². The van der Waals surface area contributed by atoms with E-state index in [0.717, 1.165) is 11.1 Å². The van der Waals surface area contributed by atoms with Gasteiger partial charge < -0.3 is 14.6 Å². The van der Waals surface area contributed by atoms with Crippen molar-refractivity contribution in [2.75, 3.05) is 0 Å². The predicted octanol–water partition coefficient (Wildman–Crippen LogP) is 4.83. The first-order valence-electron chi connectivity index (χ1n) is 9.37. The Balaban J connectivity index is 1.87. The molecule has 0 N–H and O–H groups in total. The van der Waals surface area contributed by atoms with Crippen LogP contribution in [0.3, 0.4) is 0 Å². The number of aromatic nitrogens is 2. The highest BCUT2D eigenvalue weighted by molar-refractivity contribution is 6.35. The number of ether oxygens (including phenoxy) is 1. The Morgan fingerprint density at radius 1 is 1.10 bits per heavy atom. The van der Waals surface area contributed by atoms with E-state index in [2.05, 4.69) is 0 Å². The molecule has 0 fully saturated rings. The van der Waals surface area contributed by atoms with E-state index in [4.69, 9.17) is 51.1 Å². The Morgan fingerprint density at radius 3 is 2.35 bits per heavy atom. The summed E-state index contributed by atoms with van der Waals surface area (Å²) in [6, 6.07) is 10.4. The summed E-state index contributed by atoms with van der Waals surface area (Å²) in [6.45, 7) is 3.74. The van der Waals surface area contributed by atoms with E-state index in [1.54, 1.807) is 67.5 Å². The van der Waals surface area contributed by atoms with Crippen molar-refractivity contribution in [3.63, 3.8) is 0 Å². The van der Waals surface area contributed by atoms with Gasteiger partial charge in [-0.15, -0.1) is 0 Å². The second kappa shape index (κ2) is 9.80. The monoisotopic (exact) mass is 500 g/mol. The number of carbonyl (C=O) groups is 1. The zero-order valence-electron chi connectivity index (χ0n) is 16.8. The zero-order valence-corrected chi connectivity index (χ0v) is 19.8. The first kappa shape index (κ1) is 23.9. The lowest BCUT2D eigenvalue weighted by molar-refractivity contribution is -0.705. The van der Waals surface area contributed by atoms with Gasteiger partial charge in [-0.3, -0.25) is 0 Å². The van der Waals surface area contributed by atoms with Crippen molar-refractivity contribution >= 4 is 52.4 Å². The molecule has 0 amide bonds. The second-order valence-electron chi connectivity index (χ2n) is 7.57. The fourth-order valence-electron chi connectivity index (χ4n) is 2.96. The van der Waals surface area contributed by atoms with Crippen LogP contribution in [0.15, 0.2) is 55.1 Å². The zero-order chi connectivity index (χ0) is 22.8. The summed E-state index contributed by atoms with van der Waals surface area (Å²) in [5.74, 6) is -1.18. The van der Waals surface area contributed by atoms with Crippen LogP contribution >= 0.6 is 46.4 Å². The van der Waals surface area contributed by atoms with Crippen LogP contribution < -0.4 is 9.67 Å². The Kier molecular flexibility index (Phi) is 7.55. The lowest BCUT2D eigenvalue weighted by atomic mass is 10.1. The predicted molar refractivity (Wildman–Crippen MR) is 119 cm³/mol. The molecule has 0 radical (unpaired) electrons. The number of carboxylic acids is 1. The van der Waals surface area contributed by atoms with Crippen LogP contribution in [0.25, 0.3) is 0 Å². The van der Waals surface area contributed by atoms with Crippen molar-refractivity contribution in [2.45, 2.75) is 38.6 Å². The number of hydrogen-bond donors (Lipinski definition) is 0. The molecule has 5 nitrogen and oxygen atoms in total. The first-order chi connectivity index (χ1) is 14.6. The Morgan fingerprint density at radius 2 is 1.74 bits per heavy atom. The van der Waals surface area contributed by atoms with Gasteiger partial charge in [0, 0.05) is 25.7 Å². The highest BCUT2D eigenvalue weighted by Crippen LogP contribution is 2.31. The van der Waals surface area contributed by atoms with Gasteiger partial charge >= 0.3 is 0 Å². The number of rotatable bonds is 8. The van der Waals surface area contributed by atoms with Crippen molar-refractivity contribution in [1.82, 2.24) is 4.57 Å². The number of carboxylic acid groups (broad SMARTS) is 1. The molecule has 2 aromatic carbocycles. The molecule has 0 aliphatic rings. The molecule has 3 aromatic rings. The third-order valence-corrected chi connectivity index (χ3v) is 6.13. The van der Waals surface area contributed by atoms with Crippen LogP contribution in [-0.4, -0.2) is 10.5 Å². The quantitative estimate of drug-likeness (QED) is 0.415. The Hall–Kier alpha value is -1.76. The summed E-state index contributed by atoms with van der Waals surface area (Å²) in [5.41, 5.74) is 0.327. The fourth-order valence-corrected chi connectivity index (χ4v) is 3.96.